The van der Waals surface area contributed by atoms with Crippen molar-refractivity contribution in [2.24, 2.45) is 0 Å². The third-order valence-corrected chi connectivity index (χ3v) is 2.52. The lowest BCUT2D eigenvalue weighted by molar-refractivity contribution is -0.130. The van der Waals surface area contributed by atoms with E-state index in [1.54, 1.807) is 12.1 Å². The summed E-state index contributed by atoms with van der Waals surface area (Å²) >= 11 is 0. The molecule has 1 aliphatic heterocycles. The molecule has 0 saturated heterocycles. The summed E-state index contributed by atoms with van der Waals surface area (Å²) in [5.74, 6) is -0.545. The number of fused-ring (bicyclic) bond motifs is 1. The van der Waals surface area contributed by atoms with Gasteiger partial charge in [-0.05, 0) is 12.1 Å². The van der Waals surface area contributed by atoms with Gasteiger partial charge in [0.15, 0.2) is 0 Å². The summed E-state index contributed by atoms with van der Waals surface area (Å²) in [6, 6.07) is 3.54. The Morgan fingerprint density at radius 2 is 2.31 bits per heavy atom. The predicted molar refractivity (Wildman–Crippen MR) is 59.7 cm³/mol. The van der Waals surface area contributed by atoms with Gasteiger partial charge < -0.3 is 14.7 Å². The van der Waals surface area contributed by atoms with Gasteiger partial charge in [-0.15, -0.1) is 0 Å². The number of carboxylic acids is 1. The summed E-state index contributed by atoms with van der Waals surface area (Å²) in [5, 5.41) is 9.07. The van der Waals surface area contributed by atoms with Crippen molar-refractivity contribution < 1.29 is 14.6 Å². The van der Waals surface area contributed by atoms with Crippen LogP contribution in [0.15, 0.2) is 18.2 Å². The molecule has 0 saturated carbocycles. The lowest BCUT2D eigenvalue weighted by Crippen LogP contribution is -2.24. The molecule has 0 radical (unpaired) electrons. The molecule has 2 rings (SSSR count). The first kappa shape index (κ1) is 10.5. The molecule has 1 aromatic rings. The Balaban J connectivity index is 2.56. The molecule has 0 fully saturated rings. The Labute approximate surface area is 93.0 Å². The van der Waals surface area contributed by atoms with Crippen LogP contribution in [0, 0.1) is 0 Å². The van der Waals surface area contributed by atoms with Crippen LogP contribution in [0.4, 0.5) is 5.69 Å². The number of pyridine rings is 1. The second kappa shape index (κ2) is 3.84. The van der Waals surface area contributed by atoms with Gasteiger partial charge in [-0.1, -0.05) is 0 Å². The van der Waals surface area contributed by atoms with Gasteiger partial charge in [0, 0.05) is 19.7 Å². The molecule has 5 heteroatoms. The first-order chi connectivity index (χ1) is 7.63. The van der Waals surface area contributed by atoms with Crippen molar-refractivity contribution in [3.63, 3.8) is 0 Å². The quantitative estimate of drug-likeness (QED) is 0.805. The molecule has 5 nitrogen and oxygen atoms in total. The van der Waals surface area contributed by atoms with Crippen LogP contribution in [0.1, 0.15) is 5.69 Å². The van der Waals surface area contributed by atoms with E-state index in [4.69, 9.17) is 9.84 Å². The summed E-state index contributed by atoms with van der Waals surface area (Å²) in [5.41, 5.74) is 1.49. The number of aromatic nitrogens is 1. The highest BCUT2D eigenvalue weighted by Gasteiger charge is 2.22. The van der Waals surface area contributed by atoms with Crippen molar-refractivity contribution in [1.82, 2.24) is 4.98 Å². The van der Waals surface area contributed by atoms with Gasteiger partial charge in [0.1, 0.15) is 5.69 Å². The van der Waals surface area contributed by atoms with Crippen LogP contribution in [0.25, 0.3) is 5.57 Å². The van der Waals surface area contributed by atoms with E-state index < -0.39 is 5.97 Å². The fourth-order valence-electron chi connectivity index (χ4n) is 1.67. The minimum atomic E-state index is -0.963. The third-order valence-electron chi connectivity index (χ3n) is 2.52. The standard InChI is InChI=1S/C11H12N2O3/c1-13-6-5-7(11(14)15)10-8(13)3-4-9(12-10)16-2/h3-5H,6H2,1-2H3,(H,14,15). The summed E-state index contributed by atoms with van der Waals surface area (Å²) in [4.78, 5) is 17.2. The zero-order valence-electron chi connectivity index (χ0n) is 9.10. The first-order valence-electron chi connectivity index (χ1n) is 4.83. The van der Waals surface area contributed by atoms with Gasteiger partial charge in [-0.2, -0.15) is 0 Å². The minimum absolute atomic E-state index is 0.229. The molecule has 84 valence electrons. The van der Waals surface area contributed by atoms with Crippen molar-refractivity contribution in [1.29, 1.82) is 0 Å². The van der Waals surface area contributed by atoms with Gasteiger partial charge in [0.2, 0.25) is 5.88 Å². The van der Waals surface area contributed by atoms with E-state index in [1.807, 2.05) is 18.0 Å². The number of hydrogen-bond acceptors (Lipinski definition) is 4. The molecule has 1 aliphatic rings. The Kier molecular flexibility index (Phi) is 2.52. The number of carbonyl (C=O) groups is 1. The van der Waals surface area contributed by atoms with E-state index in [-0.39, 0.29) is 5.57 Å². The van der Waals surface area contributed by atoms with E-state index in [0.717, 1.165) is 5.69 Å². The highest BCUT2D eigenvalue weighted by molar-refractivity contribution is 6.17. The number of nitrogens with zero attached hydrogens (tertiary/aromatic N) is 2. The number of methoxy groups -OCH3 is 1. The van der Waals surface area contributed by atoms with E-state index in [0.29, 0.717) is 18.1 Å². The first-order valence-corrected chi connectivity index (χ1v) is 4.83. The number of ether oxygens (including phenoxy) is 1. The Morgan fingerprint density at radius 3 is 2.94 bits per heavy atom. The van der Waals surface area contributed by atoms with Gasteiger partial charge in [-0.3, -0.25) is 0 Å². The lowest BCUT2D eigenvalue weighted by Gasteiger charge is -2.25. The maximum absolute atomic E-state index is 11.1. The number of aliphatic carboxylic acids is 1. The molecule has 0 amide bonds. The number of rotatable bonds is 2. The van der Waals surface area contributed by atoms with Crippen LogP contribution < -0.4 is 9.64 Å². The van der Waals surface area contributed by atoms with Crippen molar-refractivity contribution in [2.75, 3.05) is 25.6 Å². The average molecular weight is 220 g/mol. The monoisotopic (exact) mass is 220 g/mol. The molecular weight excluding hydrogens is 208 g/mol. The average Bonchev–Trinajstić information content (AvgIpc) is 2.28. The molecule has 1 aromatic heterocycles. The van der Waals surface area contributed by atoms with Gasteiger partial charge in [0.05, 0.1) is 18.4 Å². The van der Waals surface area contributed by atoms with Crippen molar-refractivity contribution in [3.8, 4) is 5.88 Å². The van der Waals surface area contributed by atoms with E-state index in [1.165, 1.54) is 7.11 Å². The van der Waals surface area contributed by atoms with E-state index >= 15 is 0 Å². The smallest absolute Gasteiger partial charge is 0.337 e. The molecule has 2 heterocycles. The minimum Gasteiger partial charge on any atom is -0.481 e. The van der Waals surface area contributed by atoms with Crippen LogP contribution in [0.2, 0.25) is 0 Å². The van der Waals surface area contributed by atoms with Crippen LogP contribution >= 0.6 is 0 Å². The van der Waals surface area contributed by atoms with E-state index in [2.05, 4.69) is 4.98 Å². The maximum atomic E-state index is 11.1. The van der Waals surface area contributed by atoms with Crippen molar-refractivity contribution >= 4 is 17.2 Å². The Hall–Kier alpha value is -2.04. The van der Waals surface area contributed by atoms with Gasteiger partial charge in [0.25, 0.3) is 0 Å². The Bertz CT molecular complexity index is 468. The van der Waals surface area contributed by atoms with Crippen LogP contribution in [-0.4, -0.2) is 36.8 Å². The normalized spacial score (nSPS) is 14.1. The number of likely N-dealkylation sites (N-methyl/N-ethyl adjacent to an activating group) is 1. The molecule has 0 aromatic carbocycles. The summed E-state index contributed by atoms with van der Waals surface area (Å²) in [6.45, 7) is 0.572. The summed E-state index contributed by atoms with van der Waals surface area (Å²) in [7, 11) is 3.40. The fourth-order valence-corrected chi connectivity index (χ4v) is 1.67. The molecule has 0 aliphatic carbocycles. The van der Waals surface area contributed by atoms with Crippen LogP contribution in [-0.2, 0) is 4.79 Å². The molecular formula is C11H12N2O3. The zero-order valence-corrected chi connectivity index (χ0v) is 9.10. The summed E-state index contributed by atoms with van der Waals surface area (Å²) < 4.78 is 4.99. The zero-order chi connectivity index (χ0) is 11.7. The topological polar surface area (TPSA) is 62.7 Å². The Morgan fingerprint density at radius 1 is 1.56 bits per heavy atom. The second-order valence-electron chi connectivity index (χ2n) is 3.52. The third kappa shape index (κ3) is 1.60. The van der Waals surface area contributed by atoms with Gasteiger partial charge in [-0.25, -0.2) is 9.78 Å². The number of carboxylic acid groups (broad SMARTS) is 1. The van der Waals surface area contributed by atoms with Crippen LogP contribution in [0.3, 0.4) is 0 Å². The van der Waals surface area contributed by atoms with Gasteiger partial charge >= 0.3 is 5.97 Å². The molecule has 0 unspecified atom stereocenters. The molecule has 0 bridgehead atoms. The fraction of sp³-hybridized carbons (Fsp3) is 0.273. The highest BCUT2D eigenvalue weighted by Crippen LogP contribution is 2.30. The predicted octanol–water partition coefficient (Wildman–Crippen LogP) is 1.01. The van der Waals surface area contributed by atoms with Crippen molar-refractivity contribution in [2.45, 2.75) is 0 Å². The number of anilines is 1. The molecule has 1 N–H and O–H groups in total. The lowest BCUT2D eigenvalue weighted by atomic mass is 10.1. The SMILES string of the molecule is COc1ccc2c(n1)C(C(=O)O)=CCN2C. The largest absolute Gasteiger partial charge is 0.481 e. The second-order valence-corrected chi connectivity index (χ2v) is 3.52. The molecule has 0 spiro atoms. The van der Waals surface area contributed by atoms with Crippen LogP contribution in [0.5, 0.6) is 5.88 Å². The molecule has 0 atom stereocenters. The maximum Gasteiger partial charge on any atom is 0.337 e. The highest BCUT2D eigenvalue weighted by atomic mass is 16.5. The summed E-state index contributed by atoms with van der Waals surface area (Å²) in [6.07, 6.45) is 1.65. The van der Waals surface area contributed by atoms with Crippen molar-refractivity contribution in [3.05, 3.63) is 23.9 Å². The number of hydrogen-bond donors (Lipinski definition) is 1. The van der Waals surface area contributed by atoms with E-state index in [9.17, 15) is 4.79 Å². The molecule has 16 heavy (non-hydrogen) atoms.